The van der Waals surface area contributed by atoms with Crippen LogP contribution >= 0.6 is 19.2 Å². The van der Waals surface area contributed by atoms with Gasteiger partial charge in [0.25, 0.3) is 0 Å². The van der Waals surface area contributed by atoms with Crippen LogP contribution in [0.15, 0.2) is 18.2 Å². The SMILES string of the molecule is CCC(CC)(c1ccc(N)c(Cl)c1)P(=O)(O)O. The van der Waals surface area contributed by atoms with Crippen LogP contribution in [0.4, 0.5) is 5.69 Å². The molecule has 0 aliphatic carbocycles. The highest BCUT2D eigenvalue weighted by atomic mass is 35.5. The Labute approximate surface area is 106 Å². The molecule has 0 amide bonds. The van der Waals surface area contributed by atoms with Gasteiger partial charge in [-0.1, -0.05) is 31.5 Å². The Morgan fingerprint density at radius 1 is 1.35 bits per heavy atom. The smallest absolute Gasteiger partial charge is 0.335 e. The maximum absolute atomic E-state index is 11.7. The molecule has 0 saturated carbocycles. The van der Waals surface area contributed by atoms with Crippen LogP contribution in [0.25, 0.3) is 0 Å². The third-order valence-electron chi connectivity index (χ3n) is 3.27. The van der Waals surface area contributed by atoms with Crippen LogP contribution < -0.4 is 5.73 Å². The molecule has 1 aromatic rings. The largest absolute Gasteiger partial charge is 0.398 e. The van der Waals surface area contributed by atoms with E-state index in [-0.39, 0.29) is 0 Å². The second-order valence-corrected chi connectivity index (χ2v) is 6.37. The summed E-state index contributed by atoms with van der Waals surface area (Å²) in [5.41, 5.74) is 6.54. The van der Waals surface area contributed by atoms with Crippen molar-refractivity contribution < 1.29 is 14.4 Å². The van der Waals surface area contributed by atoms with E-state index in [1.54, 1.807) is 32.0 Å². The van der Waals surface area contributed by atoms with Gasteiger partial charge in [0.2, 0.25) is 0 Å². The Kier molecular flexibility index (Phi) is 4.26. The lowest BCUT2D eigenvalue weighted by Gasteiger charge is -2.33. The number of benzene rings is 1. The van der Waals surface area contributed by atoms with Crippen LogP contribution in [0.2, 0.25) is 5.02 Å². The minimum atomic E-state index is -4.26. The highest BCUT2D eigenvalue weighted by Crippen LogP contribution is 2.61. The van der Waals surface area contributed by atoms with E-state index < -0.39 is 12.8 Å². The van der Waals surface area contributed by atoms with Gasteiger partial charge in [-0.3, -0.25) is 4.57 Å². The standard InChI is InChI=1S/C11H17ClNO3P/c1-3-11(4-2,17(14,15)16)8-5-6-10(13)9(12)7-8/h5-7H,3-4,13H2,1-2H3,(H2,14,15,16). The minimum absolute atomic E-state index is 0.322. The number of nitrogens with two attached hydrogens (primary N) is 1. The Morgan fingerprint density at radius 2 is 1.88 bits per heavy atom. The molecular formula is C11H17ClNO3P. The first-order chi connectivity index (χ1) is 7.78. The molecule has 0 unspecified atom stereocenters. The average Bonchev–Trinajstić information content (AvgIpc) is 2.23. The zero-order chi connectivity index (χ0) is 13.3. The van der Waals surface area contributed by atoms with Crippen LogP contribution in [-0.2, 0) is 9.72 Å². The summed E-state index contributed by atoms with van der Waals surface area (Å²) in [7, 11) is -4.26. The van der Waals surface area contributed by atoms with Crippen molar-refractivity contribution in [3.05, 3.63) is 28.8 Å². The molecule has 0 heterocycles. The van der Waals surface area contributed by atoms with Crippen molar-refractivity contribution in [1.82, 2.24) is 0 Å². The molecule has 4 nitrogen and oxygen atoms in total. The Morgan fingerprint density at radius 3 is 2.24 bits per heavy atom. The highest BCUT2D eigenvalue weighted by Gasteiger charge is 2.45. The van der Waals surface area contributed by atoms with E-state index in [0.29, 0.717) is 29.1 Å². The lowest BCUT2D eigenvalue weighted by molar-refractivity contribution is 0.315. The quantitative estimate of drug-likeness (QED) is 0.583. The molecule has 6 heteroatoms. The number of hydrogen-bond acceptors (Lipinski definition) is 2. The minimum Gasteiger partial charge on any atom is -0.398 e. The van der Waals surface area contributed by atoms with Gasteiger partial charge >= 0.3 is 7.60 Å². The van der Waals surface area contributed by atoms with Crippen molar-refractivity contribution in [2.75, 3.05) is 5.73 Å². The fourth-order valence-electron chi connectivity index (χ4n) is 2.05. The first-order valence-electron chi connectivity index (χ1n) is 5.39. The summed E-state index contributed by atoms with van der Waals surface area (Å²) in [6.45, 7) is 3.51. The van der Waals surface area contributed by atoms with Crippen LogP contribution in [0, 0.1) is 0 Å². The molecule has 0 bridgehead atoms. The topological polar surface area (TPSA) is 83.6 Å². The summed E-state index contributed by atoms with van der Waals surface area (Å²) < 4.78 is 11.7. The molecule has 0 aliphatic rings. The molecule has 0 fully saturated rings. The molecule has 0 saturated heterocycles. The van der Waals surface area contributed by atoms with Crippen molar-refractivity contribution in [2.24, 2.45) is 0 Å². The summed E-state index contributed by atoms with van der Waals surface area (Å²) in [6, 6.07) is 4.75. The maximum atomic E-state index is 11.7. The van der Waals surface area contributed by atoms with Crippen LogP contribution in [0.1, 0.15) is 32.3 Å². The fourth-order valence-corrected chi connectivity index (χ4v) is 3.53. The predicted molar refractivity (Wildman–Crippen MR) is 70.2 cm³/mol. The lowest BCUT2D eigenvalue weighted by atomic mass is 9.92. The van der Waals surface area contributed by atoms with E-state index in [9.17, 15) is 14.4 Å². The molecular weight excluding hydrogens is 261 g/mol. The Bertz CT molecular complexity index is 454. The number of hydrogen-bond donors (Lipinski definition) is 3. The van der Waals surface area contributed by atoms with Crippen LogP contribution in [-0.4, -0.2) is 9.79 Å². The van der Waals surface area contributed by atoms with E-state index >= 15 is 0 Å². The number of halogens is 1. The monoisotopic (exact) mass is 277 g/mol. The third kappa shape index (κ3) is 2.50. The maximum Gasteiger partial charge on any atom is 0.335 e. The number of rotatable bonds is 4. The van der Waals surface area contributed by atoms with E-state index in [0.717, 1.165) is 0 Å². The Balaban J connectivity index is 3.43. The zero-order valence-corrected chi connectivity index (χ0v) is 11.5. The molecule has 0 aliphatic heterocycles. The van der Waals surface area contributed by atoms with Crippen molar-refractivity contribution >= 4 is 24.9 Å². The lowest BCUT2D eigenvalue weighted by Crippen LogP contribution is -2.24. The number of anilines is 1. The molecule has 17 heavy (non-hydrogen) atoms. The molecule has 0 aromatic heterocycles. The van der Waals surface area contributed by atoms with Gasteiger partial charge in [-0.2, -0.15) is 0 Å². The zero-order valence-electron chi connectivity index (χ0n) is 9.85. The van der Waals surface area contributed by atoms with Crippen LogP contribution in [0.5, 0.6) is 0 Å². The molecule has 1 rings (SSSR count). The first-order valence-corrected chi connectivity index (χ1v) is 7.38. The normalized spacial score (nSPS) is 12.8. The summed E-state index contributed by atoms with van der Waals surface area (Å²) in [5, 5.41) is -0.855. The second-order valence-electron chi connectivity index (χ2n) is 4.02. The highest BCUT2D eigenvalue weighted by molar-refractivity contribution is 7.53. The molecule has 96 valence electrons. The average molecular weight is 278 g/mol. The van der Waals surface area contributed by atoms with Crippen molar-refractivity contribution in [2.45, 2.75) is 31.8 Å². The molecule has 0 spiro atoms. The Hall–Kier alpha value is -0.540. The van der Waals surface area contributed by atoms with Gasteiger partial charge in [0.1, 0.15) is 0 Å². The van der Waals surface area contributed by atoms with Gasteiger partial charge in [0.05, 0.1) is 15.9 Å². The van der Waals surface area contributed by atoms with Crippen molar-refractivity contribution in [1.29, 1.82) is 0 Å². The van der Waals surface area contributed by atoms with Gasteiger partial charge in [-0.25, -0.2) is 0 Å². The summed E-state index contributed by atoms with van der Waals surface area (Å²) >= 11 is 5.91. The van der Waals surface area contributed by atoms with E-state index in [2.05, 4.69) is 0 Å². The molecule has 1 aromatic carbocycles. The van der Waals surface area contributed by atoms with Gasteiger partial charge in [-0.15, -0.1) is 0 Å². The van der Waals surface area contributed by atoms with E-state index in [4.69, 9.17) is 17.3 Å². The van der Waals surface area contributed by atoms with Gasteiger partial charge in [0.15, 0.2) is 0 Å². The molecule has 0 radical (unpaired) electrons. The van der Waals surface area contributed by atoms with Crippen molar-refractivity contribution in [3.63, 3.8) is 0 Å². The van der Waals surface area contributed by atoms with E-state index in [1.807, 2.05) is 0 Å². The molecule has 4 N–H and O–H groups in total. The number of nitrogen functional groups attached to an aromatic ring is 1. The predicted octanol–water partition coefficient (Wildman–Crippen LogP) is 3.12. The summed E-state index contributed by atoms with van der Waals surface area (Å²) in [6.07, 6.45) is 0.683. The second kappa shape index (κ2) is 4.99. The van der Waals surface area contributed by atoms with Gasteiger partial charge < -0.3 is 15.5 Å². The third-order valence-corrected chi connectivity index (χ3v) is 5.60. The summed E-state index contributed by atoms with van der Waals surface area (Å²) in [4.78, 5) is 19.2. The van der Waals surface area contributed by atoms with E-state index in [1.165, 1.54) is 0 Å². The van der Waals surface area contributed by atoms with Crippen molar-refractivity contribution in [3.8, 4) is 0 Å². The van der Waals surface area contributed by atoms with Crippen LogP contribution in [0.3, 0.4) is 0 Å². The summed E-state index contributed by atoms with van der Waals surface area (Å²) in [5.74, 6) is 0. The molecule has 0 atom stereocenters. The van der Waals surface area contributed by atoms with Gasteiger partial charge in [-0.05, 0) is 30.5 Å². The van der Waals surface area contributed by atoms with Gasteiger partial charge in [0, 0.05) is 0 Å². The fraction of sp³-hybridized carbons (Fsp3) is 0.455. The first kappa shape index (κ1) is 14.5.